The van der Waals surface area contributed by atoms with Gasteiger partial charge < -0.3 is 9.47 Å². The van der Waals surface area contributed by atoms with Crippen LogP contribution in [0, 0.1) is 6.92 Å². The van der Waals surface area contributed by atoms with Crippen molar-refractivity contribution in [1.82, 2.24) is 9.88 Å². The molecule has 0 N–H and O–H groups in total. The summed E-state index contributed by atoms with van der Waals surface area (Å²) in [5, 5.41) is 0.320. The molecule has 0 bridgehead atoms. The van der Waals surface area contributed by atoms with Crippen molar-refractivity contribution in [1.29, 1.82) is 0 Å². The molecule has 0 aliphatic heterocycles. The summed E-state index contributed by atoms with van der Waals surface area (Å²) in [5.41, 5.74) is -0.0899. The van der Waals surface area contributed by atoms with E-state index in [0.717, 1.165) is 4.90 Å². The highest BCUT2D eigenvalue weighted by Gasteiger charge is 2.31. The monoisotopic (exact) mass is 356 g/mol. The van der Waals surface area contributed by atoms with Gasteiger partial charge in [-0.1, -0.05) is 11.6 Å². The Labute approximate surface area is 148 Å². The maximum Gasteiger partial charge on any atom is 0.420 e. The Morgan fingerprint density at radius 3 is 1.96 bits per heavy atom. The third-order valence-electron chi connectivity index (χ3n) is 2.81. The van der Waals surface area contributed by atoms with Gasteiger partial charge in [0.1, 0.15) is 16.4 Å². The molecular weight excluding hydrogens is 332 g/mol. The van der Waals surface area contributed by atoms with Gasteiger partial charge in [0, 0.05) is 6.20 Å². The Bertz CT molecular complexity index is 590. The molecule has 134 valence electrons. The van der Waals surface area contributed by atoms with E-state index < -0.39 is 23.4 Å². The summed E-state index contributed by atoms with van der Waals surface area (Å²) in [6.07, 6.45) is -0.0271. The molecule has 2 amide bonds. The smallest absolute Gasteiger partial charge is 0.420 e. The van der Waals surface area contributed by atoms with Crippen molar-refractivity contribution in [2.75, 3.05) is 0 Å². The fourth-order valence-corrected chi connectivity index (χ4v) is 1.90. The average molecular weight is 357 g/mol. The first-order chi connectivity index (χ1) is 10.8. The Hall–Kier alpha value is -1.82. The van der Waals surface area contributed by atoms with Gasteiger partial charge in [-0.05, 0) is 65.7 Å². The molecule has 0 aliphatic rings. The molecule has 1 rings (SSSR count). The fraction of sp³-hybridized carbons (Fsp3) is 0.588. The second-order valence-corrected chi connectivity index (χ2v) is 7.79. The van der Waals surface area contributed by atoms with Crippen LogP contribution in [0.1, 0.15) is 52.7 Å². The predicted octanol–water partition coefficient (Wildman–Crippen LogP) is 4.72. The first-order valence-electron chi connectivity index (χ1n) is 7.63. The number of imide groups is 1. The van der Waals surface area contributed by atoms with E-state index in [0.29, 0.717) is 16.3 Å². The number of carbonyl (C=O) groups is 2. The van der Waals surface area contributed by atoms with E-state index in [-0.39, 0.29) is 6.54 Å². The third kappa shape index (κ3) is 6.35. The highest BCUT2D eigenvalue weighted by atomic mass is 35.5. The van der Waals surface area contributed by atoms with Crippen LogP contribution < -0.4 is 0 Å². The Balaban J connectivity index is 3.11. The molecule has 1 heterocycles. The number of halogens is 1. The Kier molecular flexibility index (Phi) is 6.22. The van der Waals surface area contributed by atoms with Crippen LogP contribution in [0.25, 0.3) is 0 Å². The van der Waals surface area contributed by atoms with Crippen LogP contribution in [-0.2, 0) is 16.0 Å². The second kappa shape index (κ2) is 7.38. The van der Waals surface area contributed by atoms with Crippen molar-refractivity contribution in [2.24, 2.45) is 0 Å². The second-order valence-electron chi connectivity index (χ2n) is 7.43. The molecular formula is C17H25ClN2O4. The van der Waals surface area contributed by atoms with Gasteiger partial charge in [-0.2, -0.15) is 0 Å². The minimum absolute atomic E-state index is 0.0160. The highest BCUT2D eigenvalue weighted by Crippen LogP contribution is 2.21. The van der Waals surface area contributed by atoms with Gasteiger partial charge >= 0.3 is 12.2 Å². The molecule has 0 atom stereocenters. The van der Waals surface area contributed by atoms with Crippen LogP contribution in [0.5, 0.6) is 0 Å². The van der Waals surface area contributed by atoms with Gasteiger partial charge in [0.05, 0.1) is 6.54 Å². The van der Waals surface area contributed by atoms with Crippen LogP contribution in [-0.4, -0.2) is 33.3 Å². The number of pyridine rings is 1. The average Bonchev–Trinajstić information content (AvgIpc) is 2.36. The normalized spacial score (nSPS) is 11.8. The molecule has 7 heteroatoms. The van der Waals surface area contributed by atoms with Crippen molar-refractivity contribution in [3.05, 3.63) is 28.5 Å². The van der Waals surface area contributed by atoms with Crippen LogP contribution >= 0.6 is 11.6 Å². The number of hydrogen-bond acceptors (Lipinski definition) is 5. The van der Waals surface area contributed by atoms with Crippen molar-refractivity contribution >= 4 is 23.8 Å². The first-order valence-corrected chi connectivity index (χ1v) is 8.01. The topological polar surface area (TPSA) is 68.7 Å². The van der Waals surface area contributed by atoms with Crippen molar-refractivity contribution in [2.45, 2.75) is 66.2 Å². The number of aromatic nitrogens is 1. The van der Waals surface area contributed by atoms with Gasteiger partial charge in [0.15, 0.2) is 0 Å². The molecule has 24 heavy (non-hydrogen) atoms. The van der Waals surface area contributed by atoms with Crippen molar-refractivity contribution in [3.63, 3.8) is 0 Å². The summed E-state index contributed by atoms with van der Waals surface area (Å²) in [4.78, 5) is 29.8. The quantitative estimate of drug-likeness (QED) is 0.717. The lowest BCUT2D eigenvalue weighted by Gasteiger charge is -2.29. The molecule has 0 aliphatic carbocycles. The number of nitrogens with zero attached hydrogens (tertiary/aromatic N) is 2. The van der Waals surface area contributed by atoms with Crippen molar-refractivity contribution < 1.29 is 19.1 Å². The third-order valence-corrected chi connectivity index (χ3v) is 3.19. The van der Waals surface area contributed by atoms with E-state index in [2.05, 4.69) is 4.98 Å². The van der Waals surface area contributed by atoms with Gasteiger partial charge in [-0.15, -0.1) is 0 Å². The zero-order chi connectivity index (χ0) is 18.7. The van der Waals surface area contributed by atoms with Gasteiger partial charge in [0.25, 0.3) is 0 Å². The largest absolute Gasteiger partial charge is 0.443 e. The van der Waals surface area contributed by atoms with Gasteiger partial charge in [-0.25, -0.2) is 19.5 Å². The van der Waals surface area contributed by atoms with E-state index >= 15 is 0 Å². The van der Waals surface area contributed by atoms with Crippen LogP contribution in [0.3, 0.4) is 0 Å². The van der Waals surface area contributed by atoms with Gasteiger partial charge in [-0.3, -0.25) is 0 Å². The van der Waals surface area contributed by atoms with E-state index in [4.69, 9.17) is 21.1 Å². The molecule has 1 aromatic rings. The maximum absolute atomic E-state index is 12.4. The number of ether oxygens (including phenoxy) is 2. The zero-order valence-corrected chi connectivity index (χ0v) is 16.0. The first kappa shape index (κ1) is 20.2. The predicted molar refractivity (Wildman–Crippen MR) is 92.0 cm³/mol. The lowest BCUT2D eigenvalue weighted by molar-refractivity contribution is -0.000270. The number of rotatable bonds is 2. The zero-order valence-electron chi connectivity index (χ0n) is 15.3. The Morgan fingerprint density at radius 2 is 1.54 bits per heavy atom. The summed E-state index contributed by atoms with van der Waals surface area (Å²) in [6, 6.07) is 1.70. The lowest BCUT2D eigenvalue weighted by atomic mass is 10.1. The number of amides is 2. The standard InChI is InChI=1S/C17H25ClN2O4/c1-11-12(8-9-19-13(11)18)10-20(14(21)23-16(2,3)4)15(22)24-17(5,6)7/h8-9H,10H2,1-7H3. The minimum Gasteiger partial charge on any atom is -0.443 e. The summed E-state index contributed by atoms with van der Waals surface area (Å²) in [7, 11) is 0. The van der Waals surface area contributed by atoms with Crippen molar-refractivity contribution in [3.8, 4) is 0 Å². The molecule has 0 spiro atoms. The summed E-state index contributed by atoms with van der Waals surface area (Å²) in [5.74, 6) is 0. The molecule has 6 nitrogen and oxygen atoms in total. The molecule has 0 radical (unpaired) electrons. The molecule has 0 unspecified atom stereocenters. The number of carbonyl (C=O) groups excluding carboxylic acids is 2. The SMILES string of the molecule is Cc1c(CN(C(=O)OC(C)(C)C)C(=O)OC(C)(C)C)ccnc1Cl. The molecule has 1 aromatic heterocycles. The molecule has 0 aromatic carbocycles. The Morgan fingerprint density at radius 1 is 1.08 bits per heavy atom. The van der Waals surface area contributed by atoms with E-state index in [9.17, 15) is 9.59 Å². The maximum atomic E-state index is 12.4. The molecule has 0 saturated carbocycles. The summed E-state index contributed by atoms with van der Waals surface area (Å²) < 4.78 is 10.6. The molecule has 0 saturated heterocycles. The lowest BCUT2D eigenvalue weighted by Crippen LogP contribution is -2.43. The number of hydrogen-bond donors (Lipinski definition) is 0. The van der Waals surface area contributed by atoms with Crippen LogP contribution in [0.15, 0.2) is 12.3 Å². The summed E-state index contributed by atoms with van der Waals surface area (Å²) in [6.45, 7) is 12.1. The van der Waals surface area contributed by atoms with E-state index in [1.165, 1.54) is 6.20 Å². The fourth-order valence-electron chi connectivity index (χ4n) is 1.73. The van der Waals surface area contributed by atoms with Crippen LogP contribution in [0.2, 0.25) is 5.15 Å². The van der Waals surface area contributed by atoms with E-state index in [1.54, 1.807) is 54.5 Å². The minimum atomic E-state index is -0.774. The van der Waals surface area contributed by atoms with E-state index in [1.807, 2.05) is 0 Å². The summed E-state index contributed by atoms with van der Waals surface area (Å²) >= 11 is 6.01. The highest BCUT2D eigenvalue weighted by molar-refractivity contribution is 6.30. The van der Waals surface area contributed by atoms with Crippen LogP contribution in [0.4, 0.5) is 9.59 Å². The van der Waals surface area contributed by atoms with Gasteiger partial charge in [0.2, 0.25) is 0 Å². The molecule has 0 fully saturated rings.